The molecule has 1 aromatic rings. The van der Waals surface area contributed by atoms with Crippen LogP contribution >= 0.6 is 11.6 Å². The maximum atomic E-state index is 11.1. The molecule has 1 heterocycles. The molecule has 1 aliphatic carbocycles. The minimum Gasteiger partial charge on any atom is -0.380 e. The molecule has 1 aliphatic heterocycles. The smallest absolute Gasteiger partial charge is 0.132 e. The normalized spacial score (nSPS) is 24.7. The maximum Gasteiger partial charge on any atom is 0.132 e. The summed E-state index contributed by atoms with van der Waals surface area (Å²) in [6.45, 7) is 7.24. The molecule has 1 saturated heterocycles. The van der Waals surface area contributed by atoms with Crippen LogP contribution in [0.1, 0.15) is 57.4 Å². The Kier molecular flexibility index (Phi) is 7.50. The van der Waals surface area contributed by atoms with Gasteiger partial charge in [0.25, 0.3) is 0 Å². The van der Waals surface area contributed by atoms with Gasteiger partial charge in [-0.05, 0) is 74.7 Å². The van der Waals surface area contributed by atoms with Gasteiger partial charge in [-0.25, -0.2) is 0 Å². The quantitative estimate of drug-likeness (QED) is 0.607. The Bertz CT molecular complexity index is 624. The second-order valence-corrected chi connectivity index (χ2v) is 8.37. The van der Waals surface area contributed by atoms with Crippen molar-refractivity contribution < 1.29 is 4.74 Å². The Hall–Kier alpha value is -1.17. The highest BCUT2D eigenvalue weighted by Gasteiger charge is 2.29. The van der Waals surface area contributed by atoms with Gasteiger partial charge in [-0.3, -0.25) is 0 Å². The largest absolute Gasteiger partial charge is 0.380 e. The van der Waals surface area contributed by atoms with Crippen molar-refractivity contribution in [3.8, 4) is 0 Å². The Morgan fingerprint density at radius 3 is 2.52 bits per heavy atom. The van der Waals surface area contributed by atoms with Gasteiger partial charge in [0.1, 0.15) is 5.69 Å². The van der Waals surface area contributed by atoms with Crippen molar-refractivity contribution in [3.05, 3.63) is 27.6 Å². The molecule has 2 fully saturated rings. The van der Waals surface area contributed by atoms with Crippen molar-refractivity contribution in [2.75, 3.05) is 25.0 Å². The van der Waals surface area contributed by atoms with E-state index < -0.39 is 0 Å². The molecule has 1 aromatic carbocycles. The number of piperidine rings is 1. The molecule has 0 radical (unpaired) electrons. The zero-order valence-corrected chi connectivity index (χ0v) is 17.3. The average Bonchev–Trinajstić information content (AvgIpc) is 2.70. The van der Waals surface area contributed by atoms with Crippen molar-refractivity contribution in [1.82, 2.24) is 4.90 Å². The van der Waals surface area contributed by atoms with Gasteiger partial charge in [0.05, 0.1) is 11.8 Å². The zero-order valence-electron chi connectivity index (χ0n) is 16.5. The van der Waals surface area contributed by atoms with Gasteiger partial charge in [0.2, 0.25) is 0 Å². The van der Waals surface area contributed by atoms with Crippen LogP contribution in [0.3, 0.4) is 0 Å². The molecule has 0 atom stereocenters. The third kappa shape index (κ3) is 5.43. The third-order valence-corrected chi connectivity index (χ3v) is 6.39. The number of rotatable bonds is 7. The van der Waals surface area contributed by atoms with Gasteiger partial charge in [-0.1, -0.05) is 18.5 Å². The van der Waals surface area contributed by atoms with Crippen molar-refractivity contribution in [2.24, 2.45) is 5.18 Å². The topological polar surface area (TPSA) is 53.9 Å². The van der Waals surface area contributed by atoms with Crippen molar-refractivity contribution in [2.45, 2.75) is 77.0 Å². The first-order valence-electron chi connectivity index (χ1n) is 10.4. The molecule has 6 heteroatoms. The first-order chi connectivity index (χ1) is 13.1. The lowest BCUT2D eigenvalue weighted by atomic mass is 9.90. The average molecular weight is 394 g/mol. The Balaban J connectivity index is 1.47. The van der Waals surface area contributed by atoms with Crippen LogP contribution in [0.5, 0.6) is 0 Å². The minimum absolute atomic E-state index is 0.381. The van der Waals surface area contributed by atoms with Crippen LogP contribution in [-0.4, -0.2) is 42.8 Å². The maximum absolute atomic E-state index is 11.1. The summed E-state index contributed by atoms with van der Waals surface area (Å²) in [5, 5.41) is 7.25. The van der Waals surface area contributed by atoms with E-state index in [9.17, 15) is 4.91 Å². The predicted octanol–water partition coefficient (Wildman–Crippen LogP) is 5.66. The number of nitrogens with zero attached hydrogens (tertiary/aromatic N) is 2. The Labute approximate surface area is 167 Å². The lowest BCUT2D eigenvalue weighted by molar-refractivity contribution is 0.00428. The van der Waals surface area contributed by atoms with Gasteiger partial charge in [-0.15, -0.1) is 4.91 Å². The molecule has 27 heavy (non-hydrogen) atoms. The summed E-state index contributed by atoms with van der Waals surface area (Å²) in [6.07, 6.45) is 8.66. The number of hydrogen-bond acceptors (Lipinski definition) is 5. The van der Waals surface area contributed by atoms with Crippen molar-refractivity contribution in [1.29, 1.82) is 0 Å². The van der Waals surface area contributed by atoms with Crippen LogP contribution in [0.25, 0.3) is 0 Å². The van der Waals surface area contributed by atoms with Crippen LogP contribution < -0.4 is 5.32 Å². The molecule has 0 amide bonds. The van der Waals surface area contributed by atoms with E-state index in [4.69, 9.17) is 16.3 Å². The molecular weight excluding hydrogens is 362 g/mol. The van der Waals surface area contributed by atoms with E-state index in [0.29, 0.717) is 28.9 Å². The first-order valence-corrected chi connectivity index (χ1v) is 10.7. The van der Waals surface area contributed by atoms with Gasteiger partial charge in [-0.2, -0.15) is 0 Å². The molecular formula is C21H32ClN3O2. The number of hydrogen-bond donors (Lipinski definition) is 1. The summed E-state index contributed by atoms with van der Waals surface area (Å²) in [5.41, 5.74) is 2.17. The molecule has 1 saturated carbocycles. The predicted molar refractivity (Wildman–Crippen MR) is 112 cm³/mol. The first kappa shape index (κ1) is 20.6. The molecule has 0 bridgehead atoms. The van der Waals surface area contributed by atoms with E-state index in [1.807, 2.05) is 13.0 Å². The van der Waals surface area contributed by atoms with Gasteiger partial charge < -0.3 is 15.0 Å². The van der Waals surface area contributed by atoms with Crippen LogP contribution in [0.4, 0.5) is 11.4 Å². The van der Waals surface area contributed by atoms with Crippen LogP contribution in [0.2, 0.25) is 5.02 Å². The van der Waals surface area contributed by atoms with E-state index in [1.165, 1.54) is 25.7 Å². The van der Waals surface area contributed by atoms with Crippen LogP contribution in [-0.2, 0) is 4.74 Å². The molecule has 0 aromatic heterocycles. The zero-order chi connectivity index (χ0) is 19.2. The number of nitrogens with one attached hydrogen (secondary N) is 1. The Morgan fingerprint density at radius 2 is 1.89 bits per heavy atom. The number of likely N-dealkylation sites (tertiary alicyclic amines) is 1. The molecule has 1 N–H and O–H groups in total. The van der Waals surface area contributed by atoms with Crippen LogP contribution in [0, 0.1) is 11.8 Å². The fourth-order valence-corrected chi connectivity index (χ4v) is 4.51. The van der Waals surface area contributed by atoms with E-state index >= 15 is 0 Å². The summed E-state index contributed by atoms with van der Waals surface area (Å²) < 4.78 is 5.92. The van der Waals surface area contributed by atoms with E-state index in [-0.39, 0.29) is 0 Å². The fraction of sp³-hybridized carbons (Fsp3) is 0.714. The number of ether oxygens (including phenoxy) is 1. The van der Waals surface area contributed by atoms with Crippen LogP contribution in [0.15, 0.2) is 17.3 Å². The lowest BCUT2D eigenvalue weighted by Crippen LogP contribution is -2.46. The van der Waals surface area contributed by atoms with Crippen molar-refractivity contribution >= 4 is 23.0 Å². The highest BCUT2D eigenvalue weighted by atomic mass is 35.5. The highest BCUT2D eigenvalue weighted by molar-refractivity contribution is 6.31. The standard InChI is InChI=1S/C21H32ClN3O2/c1-3-12-27-18-6-4-17(5-7-18)25-10-8-16(9-11-25)23-20-13-15(2)19(22)14-21(20)24-26/h13-14,16-18,23H,3-12H2,1-2H3. The van der Waals surface area contributed by atoms with E-state index in [2.05, 4.69) is 22.3 Å². The SMILES string of the molecule is CCCOC1CCC(N2CCC(Nc3cc(C)c(Cl)cc3N=O)CC2)CC1. The molecule has 5 nitrogen and oxygen atoms in total. The highest BCUT2D eigenvalue weighted by Crippen LogP contribution is 2.33. The second-order valence-electron chi connectivity index (χ2n) is 7.97. The summed E-state index contributed by atoms with van der Waals surface area (Å²) in [7, 11) is 0. The van der Waals surface area contributed by atoms with Gasteiger partial charge >= 0.3 is 0 Å². The third-order valence-electron chi connectivity index (χ3n) is 5.98. The van der Waals surface area contributed by atoms with Gasteiger partial charge in [0.15, 0.2) is 0 Å². The number of nitroso groups, excluding NO2 is 1. The molecule has 0 unspecified atom stereocenters. The molecule has 0 spiro atoms. The second kappa shape index (κ2) is 9.85. The summed E-state index contributed by atoms with van der Waals surface area (Å²) >= 11 is 6.11. The number of aryl methyl sites for hydroxylation is 1. The van der Waals surface area contributed by atoms with E-state index in [0.717, 1.165) is 50.2 Å². The minimum atomic E-state index is 0.381. The number of halogens is 1. The fourth-order valence-electron chi connectivity index (χ4n) is 4.35. The molecule has 150 valence electrons. The molecule has 3 rings (SSSR count). The van der Waals surface area contributed by atoms with Gasteiger partial charge in [0, 0.05) is 36.8 Å². The van der Waals surface area contributed by atoms with Crippen molar-refractivity contribution in [3.63, 3.8) is 0 Å². The number of benzene rings is 1. The molecule has 2 aliphatic rings. The summed E-state index contributed by atoms with van der Waals surface area (Å²) in [6, 6.07) is 4.67. The monoisotopic (exact) mass is 393 g/mol. The lowest BCUT2D eigenvalue weighted by Gasteiger charge is -2.41. The Morgan fingerprint density at radius 1 is 1.19 bits per heavy atom. The van der Waals surface area contributed by atoms with E-state index in [1.54, 1.807) is 6.07 Å². The summed E-state index contributed by atoms with van der Waals surface area (Å²) in [5.74, 6) is 0. The number of anilines is 1. The summed E-state index contributed by atoms with van der Waals surface area (Å²) in [4.78, 5) is 13.8.